The Morgan fingerprint density at radius 2 is 2.17 bits per heavy atom. The van der Waals surface area contributed by atoms with Gasteiger partial charge in [0.25, 0.3) is 0 Å². The molecular weight excluding hydrogens is 154 g/mol. The summed E-state index contributed by atoms with van der Waals surface area (Å²) in [6.07, 6.45) is 5.86. The first kappa shape index (κ1) is 11.0. The highest BCUT2D eigenvalue weighted by Gasteiger charge is 2.09. The largest absolute Gasteiger partial charge is 0.481 e. The summed E-state index contributed by atoms with van der Waals surface area (Å²) in [5.74, 6) is 1.73. The van der Waals surface area contributed by atoms with Gasteiger partial charge >= 0.3 is 5.97 Å². The molecule has 0 heterocycles. The van der Waals surface area contributed by atoms with E-state index in [0.717, 1.165) is 0 Å². The molecule has 0 fully saturated rings. The lowest BCUT2D eigenvalue weighted by atomic mass is 10.2. The lowest BCUT2D eigenvalue weighted by molar-refractivity contribution is -0.137. The van der Waals surface area contributed by atoms with Crippen LogP contribution in [0.25, 0.3) is 0 Å². The van der Waals surface area contributed by atoms with Gasteiger partial charge in [-0.1, -0.05) is 0 Å². The van der Waals surface area contributed by atoms with Gasteiger partial charge in [0.05, 0.1) is 6.42 Å². The zero-order valence-electron chi connectivity index (χ0n) is 7.50. The molecule has 0 aliphatic heterocycles. The monoisotopic (exact) mass is 169 g/mol. The Kier molecular flexibility index (Phi) is 5.14. The molecule has 0 bridgehead atoms. The van der Waals surface area contributed by atoms with Crippen LogP contribution in [0.4, 0.5) is 0 Å². The van der Waals surface area contributed by atoms with Gasteiger partial charge < -0.3 is 10.4 Å². The van der Waals surface area contributed by atoms with Crippen LogP contribution >= 0.6 is 0 Å². The molecule has 2 N–H and O–H groups in total. The minimum absolute atomic E-state index is 0.0224. The summed E-state index contributed by atoms with van der Waals surface area (Å²) in [6, 6.07) is 0.162. The van der Waals surface area contributed by atoms with Gasteiger partial charge in [0, 0.05) is 18.5 Å². The minimum Gasteiger partial charge on any atom is -0.481 e. The summed E-state index contributed by atoms with van der Waals surface area (Å²) in [5.41, 5.74) is 0. The molecule has 0 amide bonds. The Hall–Kier alpha value is -1.01. The lowest BCUT2D eigenvalue weighted by Crippen LogP contribution is -2.35. The van der Waals surface area contributed by atoms with Crippen LogP contribution in [0.15, 0.2) is 0 Å². The van der Waals surface area contributed by atoms with E-state index >= 15 is 0 Å². The summed E-state index contributed by atoms with van der Waals surface area (Å²) in [4.78, 5) is 10.3. The Bertz CT molecular complexity index is 183. The maximum atomic E-state index is 10.3. The Balaban J connectivity index is 3.62. The second-order valence-corrected chi connectivity index (χ2v) is 2.97. The number of carboxylic acid groups (broad SMARTS) is 1. The zero-order valence-corrected chi connectivity index (χ0v) is 7.50. The Labute approximate surface area is 73.2 Å². The van der Waals surface area contributed by atoms with Crippen LogP contribution in [0.2, 0.25) is 0 Å². The minimum atomic E-state index is -0.789. The molecule has 3 nitrogen and oxygen atoms in total. The van der Waals surface area contributed by atoms with Gasteiger partial charge in [-0.05, 0) is 13.8 Å². The van der Waals surface area contributed by atoms with E-state index < -0.39 is 5.97 Å². The van der Waals surface area contributed by atoms with E-state index in [1.165, 1.54) is 0 Å². The molecule has 2 atom stereocenters. The van der Waals surface area contributed by atoms with Crippen molar-refractivity contribution in [3.05, 3.63) is 0 Å². The van der Waals surface area contributed by atoms with Gasteiger partial charge in [-0.2, -0.15) is 0 Å². The first-order valence-electron chi connectivity index (χ1n) is 3.97. The molecule has 0 aromatic heterocycles. The highest BCUT2D eigenvalue weighted by Crippen LogP contribution is 1.95. The van der Waals surface area contributed by atoms with Gasteiger partial charge in [-0.15, -0.1) is 12.3 Å². The predicted molar refractivity (Wildman–Crippen MR) is 47.8 cm³/mol. The van der Waals surface area contributed by atoms with E-state index in [-0.39, 0.29) is 18.5 Å². The fourth-order valence-electron chi connectivity index (χ4n) is 1.04. The van der Waals surface area contributed by atoms with Crippen LogP contribution in [0.5, 0.6) is 0 Å². The van der Waals surface area contributed by atoms with Crippen molar-refractivity contribution in [2.24, 2.45) is 0 Å². The number of hydrogen-bond acceptors (Lipinski definition) is 2. The summed E-state index contributed by atoms with van der Waals surface area (Å²) in [6.45, 7) is 3.78. The second kappa shape index (κ2) is 5.62. The maximum absolute atomic E-state index is 10.3. The number of rotatable bonds is 5. The van der Waals surface area contributed by atoms with Gasteiger partial charge in [0.2, 0.25) is 0 Å². The number of carbonyl (C=O) groups is 1. The number of aliphatic carboxylic acids is 1. The standard InChI is InChI=1S/C9H15NO2/c1-4-5-7(2)10-8(3)6-9(11)12/h1,7-8,10H,5-6H2,2-3H3,(H,11,12). The normalized spacial score (nSPS) is 14.8. The first-order chi connectivity index (χ1) is 5.56. The van der Waals surface area contributed by atoms with Crippen LogP contribution in [-0.2, 0) is 4.79 Å². The van der Waals surface area contributed by atoms with Crippen molar-refractivity contribution in [2.45, 2.75) is 38.8 Å². The maximum Gasteiger partial charge on any atom is 0.304 e. The summed E-state index contributed by atoms with van der Waals surface area (Å²) in [7, 11) is 0. The molecule has 12 heavy (non-hydrogen) atoms. The van der Waals surface area contributed by atoms with Gasteiger partial charge in [0.15, 0.2) is 0 Å². The summed E-state index contributed by atoms with van der Waals surface area (Å²) in [5, 5.41) is 11.5. The van der Waals surface area contributed by atoms with Crippen LogP contribution in [0, 0.1) is 12.3 Å². The average molecular weight is 169 g/mol. The lowest BCUT2D eigenvalue weighted by Gasteiger charge is -2.16. The van der Waals surface area contributed by atoms with E-state index in [1.807, 2.05) is 13.8 Å². The quantitative estimate of drug-likeness (QED) is 0.600. The third-order valence-electron chi connectivity index (χ3n) is 1.47. The van der Waals surface area contributed by atoms with Crippen LogP contribution in [0.1, 0.15) is 26.7 Å². The van der Waals surface area contributed by atoms with E-state index in [4.69, 9.17) is 11.5 Å². The average Bonchev–Trinajstić information content (AvgIpc) is 1.84. The Morgan fingerprint density at radius 1 is 1.58 bits per heavy atom. The number of nitrogens with one attached hydrogen (secondary N) is 1. The van der Waals surface area contributed by atoms with E-state index in [1.54, 1.807) is 0 Å². The number of carboxylic acids is 1. The summed E-state index contributed by atoms with van der Waals surface area (Å²) < 4.78 is 0. The van der Waals surface area contributed by atoms with Crippen molar-refractivity contribution < 1.29 is 9.90 Å². The smallest absolute Gasteiger partial charge is 0.304 e. The van der Waals surface area contributed by atoms with Crippen LogP contribution in [0.3, 0.4) is 0 Å². The molecule has 0 saturated heterocycles. The molecule has 2 unspecified atom stereocenters. The van der Waals surface area contributed by atoms with E-state index in [9.17, 15) is 4.79 Å². The molecule has 0 aliphatic carbocycles. The molecule has 0 radical (unpaired) electrons. The van der Waals surface area contributed by atoms with Crippen LogP contribution in [-0.4, -0.2) is 23.2 Å². The highest BCUT2D eigenvalue weighted by atomic mass is 16.4. The van der Waals surface area contributed by atoms with Crippen LogP contribution < -0.4 is 5.32 Å². The molecule has 68 valence electrons. The van der Waals surface area contributed by atoms with Crippen molar-refractivity contribution in [2.75, 3.05) is 0 Å². The third kappa shape index (κ3) is 5.75. The fourth-order valence-corrected chi connectivity index (χ4v) is 1.04. The van der Waals surface area contributed by atoms with Gasteiger partial charge in [-0.3, -0.25) is 4.79 Å². The van der Waals surface area contributed by atoms with Crippen molar-refractivity contribution in [3.8, 4) is 12.3 Å². The molecule has 3 heteroatoms. The topological polar surface area (TPSA) is 49.3 Å². The van der Waals surface area contributed by atoms with Crippen molar-refractivity contribution >= 4 is 5.97 Å². The summed E-state index contributed by atoms with van der Waals surface area (Å²) >= 11 is 0. The molecular formula is C9H15NO2. The van der Waals surface area contributed by atoms with Crippen molar-refractivity contribution in [3.63, 3.8) is 0 Å². The van der Waals surface area contributed by atoms with E-state index in [2.05, 4.69) is 11.2 Å². The molecule has 0 aromatic rings. The molecule has 0 spiro atoms. The van der Waals surface area contributed by atoms with Gasteiger partial charge in [-0.25, -0.2) is 0 Å². The van der Waals surface area contributed by atoms with Crippen molar-refractivity contribution in [1.29, 1.82) is 0 Å². The van der Waals surface area contributed by atoms with E-state index in [0.29, 0.717) is 6.42 Å². The Morgan fingerprint density at radius 3 is 2.58 bits per heavy atom. The third-order valence-corrected chi connectivity index (χ3v) is 1.47. The van der Waals surface area contributed by atoms with Gasteiger partial charge in [0.1, 0.15) is 0 Å². The number of terminal acetylenes is 1. The molecule has 0 rings (SSSR count). The fraction of sp³-hybridized carbons (Fsp3) is 0.667. The highest BCUT2D eigenvalue weighted by molar-refractivity contribution is 5.67. The van der Waals surface area contributed by atoms with Crippen molar-refractivity contribution in [1.82, 2.24) is 5.32 Å². The SMILES string of the molecule is C#CCC(C)NC(C)CC(=O)O. The predicted octanol–water partition coefficient (Wildman–Crippen LogP) is 0.851. The molecule has 0 saturated carbocycles. The molecule has 0 aromatic carbocycles. The second-order valence-electron chi connectivity index (χ2n) is 2.97. The zero-order chi connectivity index (χ0) is 9.56. The number of hydrogen-bond donors (Lipinski definition) is 2. The molecule has 0 aliphatic rings. The first-order valence-corrected chi connectivity index (χ1v) is 3.97.